The number of aromatic nitrogens is 2. The van der Waals surface area contributed by atoms with Gasteiger partial charge in [0, 0.05) is 42.4 Å². The van der Waals surface area contributed by atoms with Crippen molar-refractivity contribution in [3.8, 4) is 0 Å². The second-order valence-corrected chi connectivity index (χ2v) is 9.36. The van der Waals surface area contributed by atoms with E-state index >= 15 is 0 Å². The van der Waals surface area contributed by atoms with Gasteiger partial charge in [-0.15, -0.1) is 23.1 Å². The average Bonchev–Trinajstić information content (AvgIpc) is 3.33. The number of rotatable bonds is 5. The van der Waals surface area contributed by atoms with Gasteiger partial charge in [-0.2, -0.15) is 0 Å². The fourth-order valence-electron chi connectivity index (χ4n) is 3.76. The molecule has 2 aromatic heterocycles. The maximum Gasteiger partial charge on any atom is 0.253 e. The lowest BCUT2D eigenvalue weighted by molar-refractivity contribution is 0.0746. The van der Waals surface area contributed by atoms with Gasteiger partial charge in [0.1, 0.15) is 17.0 Å². The summed E-state index contributed by atoms with van der Waals surface area (Å²) in [7, 11) is 0. The first-order valence-corrected chi connectivity index (χ1v) is 12.1. The highest BCUT2D eigenvalue weighted by Crippen LogP contribution is 2.27. The van der Waals surface area contributed by atoms with Gasteiger partial charge in [-0.05, 0) is 41.3 Å². The predicted octanol–water partition coefficient (Wildman–Crippen LogP) is 4.95. The Morgan fingerprint density at radius 2 is 1.71 bits per heavy atom. The summed E-state index contributed by atoms with van der Waals surface area (Å²) in [5.74, 6) is 1.97. The van der Waals surface area contributed by atoms with E-state index in [9.17, 15) is 4.79 Å². The first kappa shape index (κ1) is 20.0. The van der Waals surface area contributed by atoms with Gasteiger partial charge in [0.2, 0.25) is 0 Å². The van der Waals surface area contributed by atoms with E-state index in [4.69, 9.17) is 0 Å². The fraction of sp³-hybridized carbons (Fsp3) is 0.208. The third-order valence-corrected chi connectivity index (χ3v) is 7.36. The zero-order valence-electron chi connectivity index (χ0n) is 17.0. The van der Waals surface area contributed by atoms with E-state index in [1.807, 2.05) is 28.5 Å². The molecule has 0 aliphatic carbocycles. The molecule has 0 bridgehead atoms. The van der Waals surface area contributed by atoms with Crippen molar-refractivity contribution in [1.29, 1.82) is 0 Å². The molecule has 156 valence electrons. The lowest BCUT2D eigenvalue weighted by Crippen LogP contribution is -2.49. The van der Waals surface area contributed by atoms with Crippen molar-refractivity contribution < 1.29 is 4.79 Å². The molecule has 1 amide bonds. The van der Waals surface area contributed by atoms with Crippen LogP contribution in [-0.2, 0) is 5.75 Å². The van der Waals surface area contributed by atoms with Crippen LogP contribution < -0.4 is 4.90 Å². The van der Waals surface area contributed by atoms with Crippen molar-refractivity contribution in [2.24, 2.45) is 0 Å². The molecular formula is C24H22N4OS2. The normalized spacial score (nSPS) is 14.2. The smallest absolute Gasteiger partial charge is 0.253 e. The fourth-order valence-corrected chi connectivity index (χ4v) is 5.36. The van der Waals surface area contributed by atoms with E-state index in [-0.39, 0.29) is 5.91 Å². The molecule has 4 aromatic rings. The molecule has 7 heteroatoms. The molecule has 2 aromatic carbocycles. The minimum Gasteiger partial charge on any atom is -0.352 e. The number of carbonyl (C=O) groups is 1. The van der Waals surface area contributed by atoms with Crippen molar-refractivity contribution in [1.82, 2.24) is 14.9 Å². The number of amides is 1. The second-order valence-electron chi connectivity index (χ2n) is 7.41. The summed E-state index contributed by atoms with van der Waals surface area (Å²) in [5, 5.41) is 3.14. The van der Waals surface area contributed by atoms with Crippen LogP contribution >= 0.6 is 23.1 Å². The number of benzene rings is 2. The standard InChI is InChI=1S/C24H22N4OS2/c29-24(19-8-6-18(7-9-19)16-31-20-4-2-1-3-5-20)28-13-11-27(12-14-28)22-21-10-15-30-23(21)26-17-25-22/h1-10,15,17H,11-14,16H2. The Labute approximate surface area is 189 Å². The molecule has 1 saturated heterocycles. The number of nitrogens with zero attached hydrogens (tertiary/aromatic N) is 4. The maximum atomic E-state index is 13.0. The molecule has 3 heterocycles. The van der Waals surface area contributed by atoms with Crippen LogP contribution in [0.4, 0.5) is 5.82 Å². The number of hydrogen-bond donors (Lipinski definition) is 0. The van der Waals surface area contributed by atoms with Crippen molar-refractivity contribution in [3.05, 3.63) is 83.5 Å². The quantitative estimate of drug-likeness (QED) is 0.406. The zero-order chi connectivity index (χ0) is 21.0. The Bertz CT molecular complexity index is 1170. The topological polar surface area (TPSA) is 49.3 Å². The highest BCUT2D eigenvalue weighted by molar-refractivity contribution is 7.98. The Kier molecular flexibility index (Phi) is 5.86. The Balaban J connectivity index is 1.19. The molecule has 5 rings (SSSR count). The van der Waals surface area contributed by atoms with E-state index in [0.29, 0.717) is 13.1 Å². The third-order valence-electron chi connectivity index (χ3n) is 5.46. The van der Waals surface area contributed by atoms with Crippen molar-refractivity contribution in [3.63, 3.8) is 0 Å². The summed E-state index contributed by atoms with van der Waals surface area (Å²) in [4.78, 5) is 28.3. The zero-order valence-corrected chi connectivity index (χ0v) is 18.6. The highest BCUT2D eigenvalue weighted by atomic mass is 32.2. The molecule has 0 spiro atoms. The lowest BCUT2D eigenvalue weighted by atomic mass is 10.1. The Morgan fingerprint density at radius 1 is 0.935 bits per heavy atom. The van der Waals surface area contributed by atoms with Crippen LogP contribution in [0.3, 0.4) is 0 Å². The lowest BCUT2D eigenvalue weighted by Gasteiger charge is -2.35. The Hall–Kier alpha value is -2.90. The van der Waals surface area contributed by atoms with Gasteiger partial charge in [-0.1, -0.05) is 30.3 Å². The van der Waals surface area contributed by atoms with Gasteiger partial charge >= 0.3 is 0 Å². The molecule has 0 saturated carbocycles. The third kappa shape index (κ3) is 4.43. The van der Waals surface area contributed by atoms with Gasteiger partial charge in [0.25, 0.3) is 5.91 Å². The minimum atomic E-state index is 0.102. The number of piperazine rings is 1. The van der Waals surface area contributed by atoms with Crippen LogP contribution in [0.5, 0.6) is 0 Å². The average molecular weight is 447 g/mol. The van der Waals surface area contributed by atoms with Crippen molar-refractivity contribution in [2.75, 3.05) is 31.1 Å². The number of thioether (sulfide) groups is 1. The van der Waals surface area contributed by atoms with E-state index in [2.05, 4.69) is 57.3 Å². The van der Waals surface area contributed by atoms with Crippen LogP contribution in [0.25, 0.3) is 10.2 Å². The van der Waals surface area contributed by atoms with Crippen LogP contribution in [0, 0.1) is 0 Å². The molecule has 1 aliphatic heterocycles. The SMILES string of the molecule is O=C(c1ccc(CSc2ccccc2)cc1)N1CCN(c2ncnc3sccc23)CC1. The maximum absolute atomic E-state index is 13.0. The summed E-state index contributed by atoms with van der Waals surface area (Å²) >= 11 is 3.43. The van der Waals surface area contributed by atoms with E-state index < -0.39 is 0 Å². The molecule has 0 unspecified atom stereocenters. The van der Waals surface area contributed by atoms with E-state index in [1.165, 1.54) is 10.5 Å². The van der Waals surface area contributed by atoms with Crippen LogP contribution in [0.1, 0.15) is 15.9 Å². The largest absolute Gasteiger partial charge is 0.352 e. The number of carbonyl (C=O) groups excluding carboxylic acids is 1. The van der Waals surface area contributed by atoms with E-state index in [0.717, 1.165) is 40.4 Å². The van der Waals surface area contributed by atoms with Crippen molar-refractivity contribution >= 4 is 45.0 Å². The molecule has 5 nitrogen and oxygen atoms in total. The van der Waals surface area contributed by atoms with Gasteiger partial charge in [0.15, 0.2) is 0 Å². The molecule has 1 fully saturated rings. The number of thiophene rings is 1. The van der Waals surface area contributed by atoms with Gasteiger partial charge in [-0.3, -0.25) is 4.79 Å². The highest BCUT2D eigenvalue weighted by Gasteiger charge is 2.24. The summed E-state index contributed by atoms with van der Waals surface area (Å²) in [6.45, 7) is 2.94. The van der Waals surface area contributed by atoms with Crippen molar-refractivity contribution in [2.45, 2.75) is 10.6 Å². The molecule has 0 atom stereocenters. The van der Waals surface area contributed by atoms with E-state index in [1.54, 1.807) is 29.4 Å². The van der Waals surface area contributed by atoms with Gasteiger partial charge in [-0.25, -0.2) is 9.97 Å². The first-order chi connectivity index (χ1) is 15.3. The minimum absolute atomic E-state index is 0.102. The van der Waals surface area contributed by atoms with Crippen LogP contribution in [0.15, 0.2) is 77.3 Å². The summed E-state index contributed by atoms with van der Waals surface area (Å²) in [6, 6.07) is 20.5. The second kappa shape index (κ2) is 9.08. The molecule has 0 N–H and O–H groups in total. The first-order valence-electron chi connectivity index (χ1n) is 10.3. The number of hydrogen-bond acceptors (Lipinski definition) is 6. The monoisotopic (exact) mass is 446 g/mol. The number of anilines is 1. The summed E-state index contributed by atoms with van der Waals surface area (Å²) < 4.78 is 0. The summed E-state index contributed by atoms with van der Waals surface area (Å²) in [6.07, 6.45) is 1.63. The van der Waals surface area contributed by atoms with Gasteiger partial charge in [0.05, 0.1) is 5.39 Å². The van der Waals surface area contributed by atoms with Crippen LogP contribution in [-0.4, -0.2) is 47.0 Å². The van der Waals surface area contributed by atoms with Gasteiger partial charge < -0.3 is 9.80 Å². The molecular weight excluding hydrogens is 424 g/mol. The molecule has 1 aliphatic rings. The molecule has 0 radical (unpaired) electrons. The molecule has 31 heavy (non-hydrogen) atoms. The number of fused-ring (bicyclic) bond motifs is 1. The van der Waals surface area contributed by atoms with Crippen LogP contribution in [0.2, 0.25) is 0 Å². The summed E-state index contributed by atoms with van der Waals surface area (Å²) in [5.41, 5.74) is 1.97. The Morgan fingerprint density at radius 3 is 2.48 bits per heavy atom. The predicted molar refractivity (Wildman–Crippen MR) is 128 cm³/mol.